The van der Waals surface area contributed by atoms with E-state index in [1.165, 1.54) is 24.8 Å². The van der Waals surface area contributed by atoms with Crippen LogP contribution in [-0.2, 0) is 0 Å². The van der Waals surface area contributed by atoms with Crippen molar-refractivity contribution in [2.24, 2.45) is 5.73 Å². The number of hydrogen-bond acceptors (Lipinski definition) is 3. The van der Waals surface area contributed by atoms with Crippen LogP contribution in [0.5, 0.6) is 5.75 Å². The van der Waals surface area contributed by atoms with E-state index in [1.54, 1.807) is 13.3 Å². The van der Waals surface area contributed by atoms with Crippen LogP contribution in [0.25, 0.3) is 11.4 Å². The lowest BCUT2D eigenvalue weighted by Crippen LogP contribution is -2.13. The molecule has 2 aromatic rings. The van der Waals surface area contributed by atoms with E-state index in [4.69, 9.17) is 10.5 Å². The largest absolute Gasteiger partial charge is 0.496 e. The molecule has 1 aromatic carbocycles. The van der Waals surface area contributed by atoms with Crippen LogP contribution in [0.3, 0.4) is 0 Å². The number of nitrogens with one attached hydrogen (secondary N) is 1. The van der Waals surface area contributed by atoms with Gasteiger partial charge in [-0.2, -0.15) is 0 Å². The number of methoxy groups -OCH3 is 1. The summed E-state index contributed by atoms with van der Waals surface area (Å²) in [5.41, 5.74) is 8.26. The fourth-order valence-corrected chi connectivity index (χ4v) is 2.66. The van der Waals surface area contributed by atoms with Crippen molar-refractivity contribution in [1.82, 2.24) is 9.97 Å². The lowest BCUT2D eigenvalue weighted by atomic mass is 9.91. The van der Waals surface area contributed by atoms with Gasteiger partial charge in [-0.05, 0) is 42.6 Å². The minimum Gasteiger partial charge on any atom is -0.496 e. The van der Waals surface area contributed by atoms with Gasteiger partial charge in [0.05, 0.1) is 7.11 Å². The van der Waals surface area contributed by atoms with Crippen molar-refractivity contribution in [2.45, 2.75) is 38.5 Å². The lowest BCUT2D eigenvalue weighted by Gasteiger charge is -2.19. The predicted molar refractivity (Wildman–Crippen MR) is 86.5 cm³/mol. The number of imidazole rings is 1. The zero-order valence-corrected chi connectivity index (χ0v) is 12.9. The summed E-state index contributed by atoms with van der Waals surface area (Å²) in [4.78, 5) is 7.46. The minimum atomic E-state index is 0.335. The molecule has 4 nitrogen and oxygen atoms in total. The molecular formula is C17H25N3O. The average molecular weight is 287 g/mol. The number of unbranched alkanes of at least 4 members (excludes halogenated alkanes) is 2. The Kier molecular flexibility index (Phi) is 5.81. The Labute approximate surface area is 126 Å². The molecule has 0 spiro atoms. The predicted octanol–water partition coefficient (Wildman–Crippen LogP) is 3.71. The first-order valence-electron chi connectivity index (χ1n) is 7.67. The highest BCUT2D eigenvalue weighted by atomic mass is 16.5. The van der Waals surface area contributed by atoms with E-state index in [9.17, 15) is 0 Å². The van der Waals surface area contributed by atoms with Gasteiger partial charge < -0.3 is 15.5 Å². The first kappa shape index (κ1) is 15.6. The van der Waals surface area contributed by atoms with E-state index in [0.717, 1.165) is 23.6 Å². The highest BCUT2D eigenvalue weighted by molar-refractivity contribution is 5.59. The normalized spacial score (nSPS) is 12.3. The van der Waals surface area contributed by atoms with Crippen molar-refractivity contribution in [3.63, 3.8) is 0 Å². The van der Waals surface area contributed by atoms with Gasteiger partial charge in [-0.1, -0.05) is 26.2 Å². The second kappa shape index (κ2) is 7.84. The zero-order valence-electron chi connectivity index (χ0n) is 12.9. The topological polar surface area (TPSA) is 63.9 Å². The summed E-state index contributed by atoms with van der Waals surface area (Å²) in [6.45, 7) is 2.86. The van der Waals surface area contributed by atoms with Crippen LogP contribution in [0.4, 0.5) is 0 Å². The van der Waals surface area contributed by atoms with Gasteiger partial charge in [-0.25, -0.2) is 4.98 Å². The number of H-pyrrole nitrogens is 1. The van der Waals surface area contributed by atoms with Crippen LogP contribution in [-0.4, -0.2) is 23.6 Å². The van der Waals surface area contributed by atoms with Crippen molar-refractivity contribution in [1.29, 1.82) is 0 Å². The molecule has 0 radical (unpaired) electrons. The number of hydrogen-bond donors (Lipinski definition) is 2. The summed E-state index contributed by atoms with van der Waals surface area (Å²) in [5.74, 6) is 2.13. The van der Waals surface area contributed by atoms with Gasteiger partial charge in [-0.3, -0.25) is 0 Å². The standard InChI is InChI=1S/C17H25N3O/c1-3-4-5-6-14(12-18)15-11-13(7-8-16(15)21-2)17-19-9-10-20-17/h7-11,14H,3-6,12,18H2,1-2H3,(H,19,20). The Bertz CT molecular complexity index is 537. The maximum absolute atomic E-state index is 6.00. The summed E-state index contributed by atoms with van der Waals surface area (Å²) in [7, 11) is 1.71. The Morgan fingerprint density at radius 1 is 1.33 bits per heavy atom. The molecule has 0 aliphatic carbocycles. The molecule has 2 rings (SSSR count). The second-order valence-corrected chi connectivity index (χ2v) is 5.32. The van der Waals surface area contributed by atoms with E-state index in [1.807, 2.05) is 18.3 Å². The van der Waals surface area contributed by atoms with E-state index >= 15 is 0 Å². The van der Waals surface area contributed by atoms with Crippen LogP contribution in [0.15, 0.2) is 30.6 Å². The molecule has 114 valence electrons. The van der Waals surface area contributed by atoms with E-state index in [2.05, 4.69) is 23.0 Å². The molecule has 0 bridgehead atoms. The number of nitrogens with two attached hydrogens (primary N) is 1. The van der Waals surface area contributed by atoms with Crippen molar-refractivity contribution in [3.05, 3.63) is 36.2 Å². The van der Waals surface area contributed by atoms with Crippen molar-refractivity contribution >= 4 is 0 Å². The van der Waals surface area contributed by atoms with Crippen molar-refractivity contribution < 1.29 is 4.74 Å². The molecule has 0 amide bonds. The molecular weight excluding hydrogens is 262 g/mol. The number of rotatable bonds is 8. The Balaban J connectivity index is 2.27. The van der Waals surface area contributed by atoms with E-state index in [-0.39, 0.29) is 0 Å². The molecule has 1 heterocycles. The molecule has 1 atom stereocenters. The van der Waals surface area contributed by atoms with Gasteiger partial charge in [0, 0.05) is 18.0 Å². The van der Waals surface area contributed by atoms with Gasteiger partial charge in [-0.15, -0.1) is 0 Å². The molecule has 1 aromatic heterocycles. The van der Waals surface area contributed by atoms with Crippen molar-refractivity contribution in [2.75, 3.05) is 13.7 Å². The summed E-state index contributed by atoms with van der Waals surface area (Å²) in [6.07, 6.45) is 8.37. The number of aromatic nitrogens is 2. The maximum atomic E-state index is 6.00. The Morgan fingerprint density at radius 3 is 2.81 bits per heavy atom. The first-order chi connectivity index (χ1) is 10.3. The third kappa shape index (κ3) is 3.85. The third-order valence-corrected chi connectivity index (χ3v) is 3.88. The molecule has 0 aliphatic heterocycles. The van der Waals surface area contributed by atoms with Crippen LogP contribution in [0.2, 0.25) is 0 Å². The zero-order chi connectivity index (χ0) is 15.1. The first-order valence-corrected chi connectivity index (χ1v) is 7.67. The van der Waals surface area contributed by atoms with Gasteiger partial charge in [0.1, 0.15) is 11.6 Å². The Morgan fingerprint density at radius 2 is 2.19 bits per heavy atom. The summed E-state index contributed by atoms with van der Waals surface area (Å²) >= 11 is 0. The fraction of sp³-hybridized carbons (Fsp3) is 0.471. The highest BCUT2D eigenvalue weighted by Gasteiger charge is 2.16. The average Bonchev–Trinajstić information content (AvgIpc) is 3.05. The van der Waals surface area contributed by atoms with Gasteiger partial charge in [0.2, 0.25) is 0 Å². The molecule has 3 N–H and O–H groups in total. The SMILES string of the molecule is CCCCCC(CN)c1cc(-c2ncc[nH]2)ccc1OC. The highest BCUT2D eigenvalue weighted by Crippen LogP contribution is 2.33. The quantitative estimate of drug-likeness (QED) is 0.727. The summed E-state index contributed by atoms with van der Waals surface area (Å²) in [5, 5.41) is 0. The third-order valence-electron chi connectivity index (χ3n) is 3.88. The Hall–Kier alpha value is -1.81. The maximum Gasteiger partial charge on any atom is 0.137 e. The summed E-state index contributed by atoms with van der Waals surface area (Å²) in [6, 6.07) is 6.19. The van der Waals surface area contributed by atoms with Gasteiger partial charge >= 0.3 is 0 Å². The molecule has 0 fully saturated rings. The van der Waals surface area contributed by atoms with Crippen molar-refractivity contribution in [3.8, 4) is 17.1 Å². The minimum absolute atomic E-state index is 0.335. The monoisotopic (exact) mass is 287 g/mol. The number of nitrogens with zero attached hydrogens (tertiary/aromatic N) is 1. The number of ether oxygens (including phenoxy) is 1. The molecule has 1 unspecified atom stereocenters. The number of aromatic amines is 1. The van der Waals surface area contributed by atoms with E-state index in [0.29, 0.717) is 12.5 Å². The molecule has 0 saturated carbocycles. The molecule has 0 saturated heterocycles. The van der Waals surface area contributed by atoms with Crippen LogP contribution in [0.1, 0.15) is 44.1 Å². The van der Waals surface area contributed by atoms with Crippen LogP contribution < -0.4 is 10.5 Å². The smallest absolute Gasteiger partial charge is 0.137 e. The van der Waals surface area contributed by atoms with Crippen LogP contribution >= 0.6 is 0 Å². The molecule has 21 heavy (non-hydrogen) atoms. The van der Waals surface area contributed by atoms with Gasteiger partial charge in [0.15, 0.2) is 0 Å². The lowest BCUT2D eigenvalue weighted by molar-refractivity contribution is 0.403. The van der Waals surface area contributed by atoms with E-state index < -0.39 is 0 Å². The van der Waals surface area contributed by atoms with Crippen LogP contribution in [0, 0.1) is 0 Å². The molecule has 4 heteroatoms. The number of benzene rings is 1. The van der Waals surface area contributed by atoms with Gasteiger partial charge in [0.25, 0.3) is 0 Å². The fourth-order valence-electron chi connectivity index (χ4n) is 2.66. The summed E-state index contributed by atoms with van der Waals surface area (Å²) < 4.78 is 5.52. The second-order valence-electron chi connectivity index (χ2n) is 5.32. The molecule has 0 aliphatic rings.